The van der Waals surface area contributed by atoms with E-state index in [2.05, 4.69) is 5.32 Å². The number of hydrogen-bond acceptors (Lipinski definition) is 1. The molecule has 1 rings (SSSR count). The third-order valence-electron chi connectivity index (χ3n) is 2.40. The van der Waals surface area contributed by atoms with E-state index in [0.29, 0.717) is 0 Å². The van der Waals surface area contributed by atoms with Gasteiger partial charge in [-0.2, -0.15) is 13.2 Å². The first-order valence-electron chi connectivity index (χ1n) is 4.83. The topological polar surface area (TPSA) is 12.0 Å². The second-order valence-electron chi connectivity index (χ2n) is 3.37. The van der Waals surface area contributed by atoms with Crippen LogP contribution in [0.25, 0.3) is 0 Å². The summed E-state index contributed by atoms with van der Waals surface area (Å²) < 4.78 is 36.8. The maximum Gasteiger partial charge on any atom is 0.416 e. The molecule has 84 valence electrons. The van der Waals surface area contributed by atoms with Gasteiger partial charge in [-0.15, -0.1) is 0 Å². The fraction of sp³-hybridized carbons (Fsp3) is 0.455. The minimum absolute atomic E-state index is 0.118. The van der Waals surface area contributed by atoms with Gasteiger partial charge in [0, 0.05) is 6.04 Å². The van der Waals surface area contributed by atoms with Crippen molar-refractivity contribution in [2.75, 3.05) is 7.05 Å². The Morgan fingerprint density at radius 2 is 1.73 bits per heavy atom. The summed E-state index contributed by atoms with van der Waals surface area (Å²) in [5.41, 5.74) is 0.283. The molecule has 0 unspecified atom stereocenters. The van der Waals surface area contributed by atoms with Gasteiger partial charge in [-0.05, 0) is 31.2 Å². The molecule has 0 aliphatic heterocycles. The van der Waals surface area contributed by atoms with E-state index < -0.39 is 11.7 Å². The molecule has 1 aromatic carbocycles. The quantitative estimate of drug-likeness (QED) is 0.818. The molecule has 1 aromatic rings. The van der Waals surface area contributed by atoms with Gasteiger partial charge in [0.05, 0.1) is 5.56 Å². The molecule has 0 fully saturated rings. The van der Waals surface area contributed by atoms with Crippen molar-refractivity contribution in [2.24, 2.45) is 0 Å². The van der Waals surface area contributed by atoms with E-state index in [4.69, 9.17) is 0 Å². The Bertz CT molecular complexity index is 299. The van der Waals surface area contributed by atoms with E-state index in [1.165, 1.54) is 12.1 Å². The number of hydrogen-bond donors (Lipinski definition) is 1. The monoisotopic (exact) mass is 217 g/mol. The number of rotatable bonds is 3. The number of halogens is 3. The maximum atomic E-state index is 12.3. The first-order chi connectivity index (χ1) is 6.99. The van der Waals surface area contributed by atoms with Gasteiger partial charge >= 0.3 is 6.18 Å². The van der Waals surface area contributed by atoms with E-state index in [-0.39, 0.29) is 6.04 Å². The Morgan fingerprint density at radius 1 is 1.20 bits per heavy atom. The molecule has 4 heteroatoms. The molecule has 0 heterocycles. The minimum atomic E-state index is -4.25. The lowest BCUT2D eigenvalue weighted by molar-refractivity contribution is -0.137. The number of nitrogens with one attached hydrogen (secondary N) is 1. The molecule has 0 bridgehead atoms. The van der Waals surface area contributed by atoms with Crippen molar-refractivity contribution in [2.45, 2.75) is 25.6 Å². The Morgan fingerprint density at radius 3 is 2.07 bits per heavy atom. The normalized spacial score (nSPS) is 13.9. The highest BCUT2D eigenvalue weighted by Gasteiger charge is 2.30. The number of alkyl halides is 3. The molecule has 0 saturated heterocycles. The standard InChI is InChI=1S/C11H14F3N/c1-3-10(15-2)8-4-6-9(7-5-8)11(12,13)14/h4-7,10,15H,3H2,1-2H3/t10-/m0/s1. The molecule has 15 heavy (non-hydrogen) atoms. The van der Waals surface area contributed by atoms with Crippen molar-refractivity contribution in [1.82, 2.24) is 5.32 Å². The summed E-state index contributed by atoms with van der Waals surface area (Å²) in [5.74, 6) is 0. The third kappa shape index (κ3) is 2.96. The van der Waals surface area contributed by atoms with Gasteiger partial charge < -0.3 is 5.32 Å². The summed E-state index contributed by atoms with van der Waals surface area (Å²) in [7, 11) is 1.80. The number of benzene rings is 1. The van der Waals surface area contributed by atoms with Crippen molar-refractivity contribution in [1.29, 1.82) is 0 Å². The van der Waals surface area contributed by atoms with Crippen LogP contribution in [0.4, 0.5) is 13.2 Å². The van der Waals surface area contributed by atoms with E-state index in [9.17, 15) is 13.2 Å². The van der Waals surface area contributed by atoms with Crippen LogP contribution in [0.15, 0.2) is 24.3 Å². The summed E-state index contributed by atoms with van der Waals surface area (Å²) in [6.07, 6.45) is -3.40. The molecular formula is C11H14F3N. The van der Waals surface area contributed by atoms with Gasteiger partial charge in [0.15, 0.2) is 0 Å². The molecule has 0 aliphatic rings. The fourth-order valence-electron chi connectivity index (χ4n) is 1.51. The molecule has 0 radical (unpaired) electrons. The predicted octanol–water partition coefficient (Wildman–Crippen LogP) is 3.38. The summed E-state index contributed by atoms with van der Waals surface area (Å²) in [6.45, 7) is 1.98. The second kappa shape index (κ2) is 4.66. The Hall–Kier alpha value is -1.03. The molecular weight excluding hydrogens is 203 g/mol. The zero-order valence-electron chi connectivity index (χ0n) is 8.73. The highest BCUT2D eigenvalue weighted by molar-refractivity contribution is 5.26. The highest BCUT2D eigenvalue weighted by atomic mass is 19.4. The average Bonchev–Trinajstić information content (AvgIpc) is 2.19. The first kappa shape index (κ1) is 12.0. The van der Waals surface area contributed by atoms with Crippen LogP contribution in [-0.4, -0.2) is 7.05 Å². The van der Waals surface area contributed by atoms with Crippen LogP contribution in [0, 0.1) is 0 Å². The molecule has 1 atom stereocenters. The maximum absolute atomic E-state index is 12.3. The van der Waals surface area contributed by atoms with Crippen molar-refractivity contribution >= 4 is 0 Å². The van der Waals surface area contributed by atoms with Gasteiger partial charge in [-0.25, -0.2) is 0 Å². The Labute approximate surface area is 87.3 Å². The van der Waals surface area contributed by atoms with E-state index >= 15 is 0 Å². The molecule has 0 spiro atoms. The van der Waals surface area contributed by atoms with Gasteiger partial charge in [0.1, 0.15) is 0 Å². The summed E-state index contributed by atoms with van der Waals surface area (Å²) in [6, 6.07) is 5.40. The van der Waals surface area contributed by atoms with Crippen molar-refractivity contribution in [3.63, 3.8) is 0 Å². The average molecular weight is 217 g/mol. The van der Waals surface area contributed by atoms with Crippen LogP contribution < -0.4 is 5.32 Å². The predicted molar refractivity (Wildman–Crippen MR) is 53.5 cm³/mol. The lowest BCUT2D eigenvalue weighted by Gasteiger charge is -2.15. The summed E-state index contributed by atoms with van der Waals surface area (Å²) in [5, 5.41) is 3.04. The molecule has 1 N–H and O–H groups in total. The largest absolute Gasteiger partial charge is 0.416 e. The molecule has 0 aromatic heterocycles. The van der Waals surface area contributed by atoms with Crippen LogP contribution >= 0.6 is 0 Å². The first-order valence-corrected chi connectivity index (χ1v) is 4.83. The lowest BCUT2D eigenvalue weighted by Crippen LogP contribution is -2.15. The van der Waals surface area contributed by atoms with Gasteiger partial charge in [0.25, 0.3) is 0 Å². The van der Waals surface area contributed by atoms with Crippen LogP contribution in [0.5, 0.6) is 0 Å². The summed E-state index contributed by atoms with van der Waals surface area (Å²) in [4.78, 5) is 0. The van der Waals surface area contributed by atoms with E-state index in [1.807, 2.05) is 6.92 Å². The lowest BCUT2D eigenvalue weighted by atomic mass is 10.0. The SMILES string of the molecule is CC[C@H](NC)c1ccc(C(F)(F)F)cc1. The zero-order chi connectivity index (χ0) is 11.5. The van der Waals surface area contributed by atoms with Crippen LogP contribution in [0.2, 0.25) is 0 Å². The smallest absolute Gasteiger partial charge is 0.313 e. The zero-order valence-corrected chi connectivity index (χ0v) is 8.73. The fourth-order valence-corrected chi connectivity index (χ4v) is 1.51. The van der Waals surface area contributed by atoms with Crippen LogP contribution in [0.3, 0.4) is 0 Å². The second-order valence-corrected chi connectivity index (χ2v) is 3.37. The van der Waals surface area contributed by atoms with E-state index in [0.717, 1.165) is 24.1 Å². The van der Waals surface area contributed by atoms with Crippen molar-refractivity contribution in [3.8, 4) is 0 Å². The third-order valence-corrected chi connectivity index (χ3v) is 2.40. The van der Waals surface area contributed by atoms with Crippen LogP contribution in [0.1, 0.15) is 30.5 Å². The highest BCUT2D eigenvalue weighted by Crippen LogP contribution is 2.30. The van der Waals surface area contributed by atoms with Crippen LogP contribution in [-0.2, 0) is 6.18 Å². The Balaban J connectivity index is 2.89. The van der Waals surface area contributed by atoms with Crippen molar-refractivity contribution in [3.05, 3.63) is 35.4 Å². The van der Waals surface area contributed by atoms with Gasteiger partial charge in [0.2, 0.25) is 0 Å². The molecule has 1 nitrogen and oxygen atoms in total. The minimum Gasteiger partial charge on any atom is -0.313 e. The Kier molecular flexibility index (Phi) is 3.74. The molecule has 0 saturated carbocycles. The van der Waals surface area contributed by atoms with E-state index in [1.54, 1.807) is 7.05 Å². The van der Waals surface area contributed by atoms with Crippen molar-refractivity contribution < 1.29 is 13.2 Å². The molecule has 0 amide bonds. The molecule has 0 aliphatic carbocycles. The van der Waals surface area contributed by atoms with Gasteiger partial charge in [-0.3, -0.25) is 0 Å². The summed E-state index contributed by atoms with van der Waals surface area (Å²) >= 11 is 0. The van der Waals surface area contributed by atoms with Gasteiger partial charge in [-0.1, -0.05) is 19.1 Å².